The van der Waals surface area contributed by atoms with E-state index in [1.165, 1.54) is 50.1 Å². The van der Waals surface area contributed by atoms with Gasteiger partial charge in [0.2, 0.25) is 0 Å². The van der Waals surface area contributed by atoms with E-state index in [0.29, 0.717) is 11.2 Å². The fourth-order valence-electron chi connectivity index (χ4n) is 2.98. The summed E-state index contributed by atoms with van der Waals surface area (Å²) in [7, 11) is 3.16. The van der Waals surface area contributed by atoms with Crippen LogP contribution in [0.15, 0.2) is 15.9 Å². The summed E-state index contributed by atoms with van der Waals surface area (Å²) in [6, 6.07) is 0. The van der Waals surface area contributed by atoms with Crippen LogP contribution in [0.2, 0.25) is 0 Å². The number of fused-ring (bicyclic) bond motifs is 1. The minimum Gasteiger partial charge on any atom is -0.325 e. The quantitative estimate of drug-likeness (QED) is 0.667. The monoisotopic (exact) mass is 320 g/mol. The number of aryl methyl sites for hydroxylation is 2. The van der Waals surface area contributed by atoms with Crippen LogP contribution in [0.3, 0.4) is 0 Å². The lowest BCUT2D eigenvalue weighted by atomic mass is 10.1. The predicted octanol–water partition coefficient (Wildman–Crippen LogP) is 2.57. The first-order valence-electron chi connectivity index (χ1n) is 8.68. The zero-order chi connectivity index (χ0) is 16.8. The Hall–Kier alpha value is -1.85. The molecular formula is C17H28N4O2. The van der Waals surface area contributed by atoms with Gasteiger partial charge in [0.25, 0.3) is 5.56 Å². The van der Waals surface area contributed by atoms with E-state index >= 15 is 0 Å². The first-order valence-corrected chi connectivity index (χ1v) is 8.68. The summed E-state index contributed by atoms with van der Waals surface area (Å²) in [5.41, 5.74) is 0.398. The molecule has 0 N–H and O–H groups in total. The molecule has 0 amide bonds. The van der Waals surface area contributed by atoms with Gasteiger partial charge in [-0.15, -0.1) is 0 Å². The van der Waals surface area contributed by atoms with E-state index < -0.39 is 0 Å². The number of aromatic nitrogens is 4. The van der Waals surface area contributed by atoms with Gasteiger partial charge in [0.15, 0.2) is 11.2 Å². The van der Waals surface area contributed by atoms with Crippen LogP contribution in [0, 0.1) is 0 Å². The van der Waals surface area contributed by atoms with Crippen LogP contribution in [-0.2, 0) is 20.6 Å². The molecule has 0 aliphatic carbocycles. The molecule has 0 spiro atoms. The number of hydrogen-bond donors (Lipinski definition) is 0. The van der Waals surface area contributed by atoms with Gasteiger partial charge >= 0.3 is 5.69 Å². The molecule has 2 heterocycles. The largest absolute Gasteiger partial charge is 0.332 e. The normalized spacial score (nSPS) is 11.4. The smallest absolute Gasteiger partial charge is 0.325 e. The van der Waals surface area contributed by atoms with E-state index in [9.17, 15) is 9.59 Å². The highest BCUT2D eigenvalue weighted by atomic mass is 16.2. The Morgan fingerprint density at radius 2 is 1.52 bits per heavy atom. The highest BCUT2D eigenvalue weighted by Gasteiger charge is 2.13. The molecule has 0 saturated carbocycles. The SMILES string of the molecule is CCCCCCCCCCn1cnc2c1c(=O)n(C)c(=O)n2C. The minimum absolute atomic E-state index is 0.264. The molecule has 6 heteroatoms. The summed E-state index contributed by atoms with van der Waals surface area (Å²) in [4.78, 5) is 28.4. The van der Waals surface area contributed by atoms with E-state index in [1.807, 2.05) is 4.57 Å². The van der Waals surface area contributed by atoms with E-state index in [4.69, 9.17) is 0 Å². The van der Waals surface area contributed by atoms with Crippen molar-refractivity contribution in [1.29, 1.82) is 0 Å². The standard InChI is InChI=1S/C17H28N4O2/c1-4-5-6-7-8-9-10-11-12-21-13-18-15-14(21)16(22)20(3)17(23)19(15)2/h13H,4-12H2,1-3H3. The van der Waals surface area contributed by atoms with Gasteiger partial charge in [0.05, 0.1) is 6.33 Å². The molecule has 0 radical (unpaired) electrons. The molecule has 2 rings (SSSR count). The van der Waals surface area contributed by atoms with Gasteiger partial charge in [0, 0.05) is 20.6 Å². The summed E-state index contributed by atoms with van der Waals surface area (Å²) < 4.78 is 4.46. The average Bonchev–Trinajstić information content (AvgIpc) is 2.97. The second kappa shape index (κ2) is 8.13. The summed E-state index contributed by atoms with van der Waals surface area (Å²) in [5.74, 6) is 0. The third-order valence-electron chi connectivity index (χ3n) is 4.47. The van der Waals surface area contributed by atoms with Crippen molar-refractivity contribution < 1.29 is 0 Å². The first kappa shape index (κ1) is 17.5. The Morgan fingerprint density at radius 3 is 2.17 bits per heavy atom. The van der Waals surface area contributed by atoms with Gasteiger partial charge in [-0.05, 0) is 6.42 Å². The molecule has 2 aromatic rings. The first-order chi connectivity index (χ1) is 11.1. The number of imidazole rings is 1. The van der Waals surface area contributed by atoms with Crippen molar-refractivity contribution in [3.8, 4) is 0 Å². The zero-order valence-electron chi connectivity index (χ0n) is 14.5. The molecule has 0 saturated heterocycles. The minimum atomic E-state index is -0.333. The lowest BCUT2D eigenvalue weighted by Crippen LogP contribution is -2.37. The van der Waals surface area contributed by atoms with E-state index in [1.54, 1.807) is 13.4 Å². The van der Waals surface area contributed by atoms with Crippen LogP contribution in [0.1, 0.15) is 58.3 Å². The summed E-state index contributed by atoms with van der Waals surface area (Å²) in [5, 5.41) is 0. The molecule has 23 heavy (non-hydrogen) atoms. The van der Waals surface area contributed by atoms with Crippen LogP contribution < -0.4 is 11.2 Å². The Balaban J connectivity index is 1.95. The van der Waals surface area contributed by atoms with Crippen molar-refractivity contribution in [3.63, 3.8) is 0 Å². The Bertz CT molecular complexity index is 754. The highest BCUT2D eigenvalue weighted by Crippen LogP contribution is 2.11. The van der Waals surface area contributed by atoms with Crippen molar-refractivity contribution in [3.05, 3.63) is 27.2 Å². The van der Waals surface area contributed by atoms with Crippen LogP contribution in [0.5, 0.6) is 0 Å². The summed E-state index contributed by atoms with van der Waals surface area (Å²) in [6.45, 7) is 3.01. The van der Waals surface area contributed by atoms with Crippen molar-refractivity contribution in [2.45, 2.75) is 64.8 Å². The molecule has 0 fully saturated rings. The maximum Gasteiger partial charge on any atom is 0.332 e. The molecule has 0 bridgehead atoms. The fourth-order valence-corrected chi connectivity index (χ4v) is 2.98. The van der Waals surface area contributed by atoms with E-state index in [0.717, 1.165) is 24.0 Å². The Morgan fingerprint density at radius 1 is 0.913 bits per heavy atom. The average molecular weight is 320 g/mol. The molecule has 0 unspecified atom stereocenters. The molecule has 0 aromatic carbocycles. The van der Waals surface area contributed by atoms with Crippen LogP contribution in [0.4, 0.5) is 0 Å². The number of rotatable bonds is 9. The van der Waals surface area contributed by atoms with Crippen molar-refractivity contribution in [2.24, 2.45) is 14.1 Å². The second-order valence-electron chi connectivity index (χ2n) is 6.29. The van der Waals surface area contributed by atoms with Gasteiger partial charge < -0.3 is 4.57 Å². The lowest BCUT2D eigenvalue weighted by Gasteiger charge is -2.06. The molecule has 0 aliphatic rings. The molecular weight excluding hydrogens is 292 g/mol. The third kappa shape index (κ3) is 3.92. The van der Waals surface area contributed by atoms with Crippen LogP contribution >= 0.6 is 0 Å². The lowest BCUT2D eigenvalue weighted by molar-refractivity contribution is 0.547. The number of hydrogen-bond acceptors (Lipinski definition) is 3. The number of unbranched alkanes of at least 4 members (excludes halogenated alkanes) is 7. The molecule has 2 aromatic heterocycles. The second-order valence-corrected chi connectivity index (χ2v) is 6.29. The Labute approximate surface area is 136 Å². The van der Waals surface area contributed by atoms with Crippen molar-refractivity contribution in [1.82, 2.24) is 18.7 Å². The summed E-state index contributed by atoms with van der Waals surface area (Å²) in [6.07, 6.45) is 11.7. The molecule has 0 aliphatic heterocycles. The molecule has 128 valence electrons. The molecule has 6 nitrogen and oxygen atoms in total. The predicted molar refractivity (Wildman–Crippen MR) is 92.8 cm³/mol. The van der Waals surface area contributed by atoms with Gasteiger partial charge in [0.1, 0.15) is 0 Å². The van der Waals surface area contributed by atoms with Crippen molar-refractivity contribution >= 4 is 11.2 Å². The summed E-state index contributed by atoms with van der Waals surface area (Å²) >= 11 is 0. The van der Waals surface area contributed by atoms with E-state index in [-0.39, 0.29) is 11.2 Å². The maximum absolute atomic E-state index is 12.3. The maximum atomic E-state index is 12.3. The topological polar surface area (TPSA) is 61.8 Å². The molecule has 0 atom stereocenters. The fraction of sp³-hybridized carbons (Fsp3) is 0.706. The Kier molecular flexibility index (Phi) is 6.19. The van der Waals surface area contributed by atoms with Crippen molar-refractivity contribution in [2.75, 3.05) is 0 Å². The number of nitrogens with zero attached hydrogens (tertiary/aromatic N) is 4. The van der Waals surface area contributed by atoms with Crippen LogP contribution in [0.25, 0.3) is 11.2 Å². The zero-order valence-corrected chi connectivity index (χ0v) is 14.5. The van der Waals surface area contributed by atoms with Gasteiger partial charge in [-0.1, -0.05) is 51.9 Å². The van der Waals surface area contributed by atoms with Gasteiger partial charge in [-0.2, -0.15) is 0 Å². The van der Waals surface area contributed by atoms with Crippen LogP contribution in [-0.4, -0.2) is 18.7 Å². The van der Waals surface area contributed by atoms with Gasteiger partial charge in [-0.25, -0.2) is 9.78 Å². The highest BCUT2D eigenvalue weighted by molar-refractivity contribution is 5.69. The van der Waals surface area contributed by atoms with Gasteiger partial charge in [-0.3, -0.25) is 13.9 Å². The van der Waals surface area contributed by atoms with E-state index in [2.05, 4.69) is 11.9 Å². The third-order valence-corrected chi connectivity index (χ3v) is 4.47.